The Balaban J connectivity index is 2.38. The van der Waals surface area contributed by atoms with Crippen LogP contribution in [0.2, 0.25) is 0 Å². The summed E-state index contributed by atoms with van der Waals surface area (Å²) in [6.07, 6.45) is 1.69. The molecule has 1 aliphatic rings. The maximum atomic E-state index is 3.66. The molecular formula is C3H6N3. The molecule has 3 heteroatoms. The van der Waals surface area contributed by atoms with Crippen LogP contribution in [-0.2, 0) is 0 Å². The topological polar surface area (TPSA) is 29.7 Å². The fourth-order valence-electron chi connectivity index (χ4n) is 0.297. The Hall–Kier alpha value is -0.730. The van der Waals surface area contributed by atoms with E-state index in [-0.39, 0.29) is 0 Å². The molecule has 0 N–H and O–H groups in total. The maximum Gasteiger partial charge on any atom is 0.132 e. The van der Waals surface area contributed by atoms with Crippen LogP contribution in [0.15, 0.2) is 5.10 Å². The monoisotopic (exact) mass is 84.1 g/mol. The fourth-order valence-corrected chi connectivity index (χ4v) is 0.297. The standard InChI is InChI=1S/C3H6N3/c1-6-2-4-5-3-6/h2H,3H2,1H3. The van der Waals surface area contributed by atoms with E-state index < -0.39 is 0 Å². The van der Waals surface area contributed by atoms with Gasteiger partial charge in [0.1, 0.15) is 13.0 Å². The van der Waals surface area contributed by atoms with Crippen molar-refractivity contribution in [3.63, 3.8) is 0 Å². The van der Waals surface area contributed by atoms with Crippen LogP contribution >= 0.6 is 0 Å². The molecule has 33 valence electrons. The number of hydrogen-bond donors (Lipinski definition) is 0. The summed E-state index contributed by atoms with van der Waals surface area (Å²) in [6, 6.07) is 0. The first kappa shape index (κ1) is 3.46. The van der Waals surface area contributed by atoms with E-state index >= 15 is 0 Å². The minimum Gasteiger partial charge on any atom is -0.343 e. The summed E-state index contributed by atoms with van der Waals surface area (Å²) in [7, 11) is 1.93. The van der Waals surface area contributed by atoms with Crippen molar-refractivity contribution in [2.75, 3.05) is 13.7 Å². The largest absolute Gasteiger partial charge is 0.343 e. The molecule has 0 saturated heterocycles. The number of hydrogen-bond acceptors (Lipinski definition) is 2. The van der Waals surface area contributed by atoms with E-state index in [0.717, 1.165) is 6.67 Å². The molecule has 0 bridgehead atoms. The predicted molar refractivity (Wildman–Crippen MR) is 23.3 cm³/mol. The summed E-state index contributed by atoms with van der Waals surface area (Å²) >= 11 is 0. The highest BCUT2D eigenvalue weighted by atomic mass is 15.5. The second kappa shape index (κ2) is 1.16. The smallest absolute Gasteiger partial charge is 0.132 e. The molecule has 0 spiro atoms. The van der Waals surface area contributed by atoms with E-state index in [1.54, 1.807) is 6.34 Å². The minimum absolute atomic E-state index is 0.722. The molecule has 0 aromatic heterocycles. The number of nitrogens with zero attached hydrogens (tertiary/aromatic N) is 3. The summed E-state index contributed by atoms with van der Waals surface area (Å²) in [5, 5.41) is 3.59. The molecule has 6 heavy (non-hydrogen) atoms. The Morgan fingerprint density at radius 1 is 1.83 bits per heavy atom. The van der Waals surface area contributed by atoms with Crippen molar-refractivity contribution in [1.29, 1.82) is 0 Å². The second-order valence-electron chi connectivity index (χ2n) is 1.27. The summed E-state index contributed by atoms with van der Waals surface area (Å²) < 4.78 is 0. The van der Waals surface area contributed by atoms with Crippen LogP contribution < -0.4 is 5.43 Å². The van der Waals surface area contributed by atoms with Gasteiger partial charge in [-0.1, -0.05) is 0 Å². The van der Waals surface area contributed by atoms with E-state index in [9.17, 15) is 0 Å². The molecule has 1 aliphatic heterocycles. The highest BCUT2D eigenvalue weighted by Gasteiger charge is 1.94. The van der Waals surface area contributed by atoms with Gasteiger partial charge in [-0.2, -0.15) is 5.43 Å². The van der Waals surface area contributed by atoms with E-state index in [2.05, 4.69) is 10.5 Å². The van der Waals surface area contributed by atoms with E-state index in [0.29, 0.717) is 0 Å². The van der Waals surface area contributed by atoms with Gasteiger partial charge in [0.25, 0.3) is 0 Å². The Bertz CT molecular complexity index is 68.4. The van der Waals surface area contributed by atoms with Gasteiger partial charge in [0.05, 0.1) is 0 Å². The van der Waals surface area contributed by atoms with Crippen LogP contribution in [0.3, 0.4) is 0 Å². The lowest BCUT2D eigenvalue weighted by Crippen LogP contribution is -2.13. The lowest BCUT2D eigenvalue weighted by molar-refractivity contribution is 0.508. The van der Waals surface area contributed by atoms with Crippen LogP contribution in [0.25, 0.3) is 0 Å². The van der Waals surface area contributed by atoms with E-state index in [4.69, 9.17) is 0 Å². The Labute approximate surface area is 36.6 Å². The first-order chi connectivity index (χ1) is 2.89. The lowest BCUT2D eigenvalue weighted by Gasteiger charge is -1.97. The van der Waals surface area contributed by atoms with Gasteiger partial charge in [0, 0.05) is 7.05 Å². The fraction of sp³-hybridized carbons (Fsp3) is 0.667. The molecule has 3 nitrogen and oxygen atoms in total. The highest BCUT2D eigenvalue weighted by molar-refractivity contribution is 5.55. The van der Waals surface area contributed by atoms with Gasteiger partial charge in [0.15, 0.2) is 0 Å². The predicted octanol–water partition coefficient (Wildman–Crippen LogP) is -0.563. The third-order valence-electron chi connectivity index (χ3n) is 0.617. The van der Waals surface area contributed by atoms with Crippen molar-refractivity contribution in [1.82, 2.24) is 10.3 Å². The van der Waals surface area contributed by atoms with Crippen LogP contribution in [0, 0.1) is 0 Å². The summed E-state index contributed by atoms with van der Waals surface area (Å²) in [4.78, 5) is 1.90. The van der Waals surface area contributed by atoms with E-state index in [1.807, 2.05) is 11.9 Å². The molecule has 0 unspecified atom stereocenters. The molecule has 1 radical (unpaired) electrons. The third kappa shape index (κ3) is 0.429. The third-order valence-corrected chi connectivity index (χ3v) is 0.617. The second-order valence-corrected chi connectivity index (χ2v) is 1.27. The summed E-state index contributed by atoms with van der Waals surface area (Å²) in [5.41, 5.74) is 3.66. The molecule has 1 rings (SSSR count). The lowest BCUT2D eigenvalue weighted by atomic mass is 10.9. The first-order valence-corrected chi connectivity index (χ1v) is 1.80. The van der Waals surface area contributed by atoms with Gasteiger partial charge in [0.2, 0.25) is 0 Å². The Morgan fingerprint density at radius 3 is 2.83 bits per heavy atom. The first-order valence-electron chi connectivity index (χ1n) is 1.80. The van der Waals surface area contributed by atoms with Crippen molar-refractivity contribution in [3.8, 4) is 0 Å². The maximum absolute atomic E-state index is 3.66. The van der Waals surface area contributed by atoms with Gasteiger partial charge in [-0.3, -0.25) is 0 Å². The van der Waals surface area contributed by atoms with Crippen LogP contribution in [0.5, 0.6) is 0 Å². The molecule has 0 atom stereocenters. The quantitative estimate of drug-likeness (QED) is 0.387. The highest BCUT2D eigenvalue weighted by Crippen LogP contribution is 1.80. The average Bonchev–Trinajstić information content (AvgIpc) is 1.86. The van der Waals surface area contributed by atoms with Crippen molar-refractivity contribution in [2.45, 2.75) is 0 Å². The van der Waals surface area contributed by atoms with Gasteiger partial charge >= 0.3 is 0 Å². The molecule has 0 saturated carbocycles. The molecule has 0 amide bonds. The Kier molecular flexibility index (Phi) is 0.670. The van der Waals surface area contributed by atoms with Crippen LogP contribution in [0.4, 0.5) is 0 Å². The molecule has 1 heterocycles. The average molecular weight is 84.1 g/mol. The Morgan fingerprint density at radius 2 is 2.67 bits per heavy atom. The zero-order valence-corrected chi connectivity index (χ0v) is 3.63. The SMILES string of the molecule is CN1C=N[N]C1. The molecular weight excluding hydrogens is 78.1 g/mol. The van der Waals surface area contributed by atoms with Crippen LogP contribution in [0.1, 0.15) is 0 Å². The van der Waals surface area contributed by atoms with Gasteiger partial charge < -0.3 is 4.90 Å². The molecule has 0 aromatic rings. The molecule has 0 aromatic carbocycles. The zero-order chi connectivity index (χ0) is 4.41. The van der Waals surface area contributed by atoms with Gasteiger partial charge in [-0.05, 0) is 0 Å². The molecule has 0 aliphatic carbocycles. The van der Waals surface area contributed by atoms with Crippen LogP contribution in [-0.4, -0.2) is 25.0 Å². The van der Waals surface area contributed by atoms with Gasteiger partial charge in [-0.25, -0.2) is 0 Å². The molecule has 0 fully saturated rings. The summed E-state index contributed by atoms with van der Waals surface area (Å²) in [5.74, 6) is 0. The zero-order valence-electron chi connectivity index (χ0n) is 3.63. The van der Waals surface area contributed by atoms with Gasteiger partial charge in [-0.15, -0.1) is 5.10 Å². The normalized spacial score (nSPS) is 18.5. The van der Waals surface area contributed by atoms with Crippen molar-refractivity contribution < 1.29 is 0 Å². The van der Waals surface area contributed by atoms with Crippen molar-refractivity contribution in [3.05, 3.63) is 0 Å². The van der Waals surface area contributed by atoms with Crippen molar-refractivity contribution >= 4 is 6.34 Å². The van der Waals surface area contributed by atoms with E-state index in [1.165, 1.54) is 0 Å². The number of rotatable bonds is 0. The minimum atomic E-state index is 0.722. The summed E-state index contributed by atoms with van der Waals surface area (Å²) in [6.45, 7) is 0.722. The van der Waals surface area contributed by atoms with Crippen molar-refractivity contribution in [2.24, 2.45) is 5.10 Å².